The minimum absolute atomic E-state index is 0.0311. The van der Waals surface area contributed by atoms with Crippen LogP contribution in [0.5, 0.6) is 5.88 Å². The molecule has 0 aliphatic carbocycles. The van der Waals surface area contributed by atoms with Crippen molar-refractivity contribution in [2.75, 3.05) is 5.32 Å². The number of imidazole rings is 1. The van der Waals surface area contributed by atoms with Gasteiger partial charge in [0.05, 0.1) is 11.3 Å². The maximum Gasteiger partial charge on any atom is 0.417 e. The number of pyridine rings is 1. The van der Waals surface area contributed by atoms with Crippen molar-refractivity contribution < 1.29 is 23.1 Å². The van der Waals surface area contributed by atoms with Crippen molar-refractivity contribution in [1.29, 1.82) is 0 Å². The molecule has 3 heterocycles. The third-order valence-corrected chi connectivity index (χ3v) is 4.52. The summed E-state index contributed by atoms with van der Waals surface area (Å²) >= 11 is 0. The normalized spacial score (nSPS) is 11.6. The van der Waals surface area contributed by atoms with Gasteiger partial charge in [0.2, 0.25) is 5.88 Å². The van der Waals surface area contributed by atoms with Gasteiger partial charge >= 0.3 is 6.18 Å². The molecule has 10 heteroatoms. The van der Waals surface area contributed by atoms with Crippen LogP contribution in [0.15, 0.2) is 48.5 Å². The number of fused-ring (bicyclic) bond motifs is 1. The number of carbonyl (C=O) groups excluding carboxylic acids is 1. The highest BCUT2D eigenvalue weighted by molar-refractivity contribution is 6.04. The number of rotatable bonds is 3. The lowest BCUT2D eigenvalue weighted by Crippen LogP contribution is -2.17. The molecule has 31 heavy (non-hydrogen) atoms. The molecule has 2 N–H and O–H groups in total. The minimum Gasteiger partial charge on any atom is -0.492 e. The van der Waals surface area contributed by atoms with E-state index in [-0.39, 0.29) is 28.4 Å². The van der Waals surface area contributed by atoms with Crippen LogP contribution in [0.3, 0.4) is 0 Å². The topological polar surface area (TPSA) is 92.4 Å². The molecule has 1 aromatic carbocycles. The Hall–Kier alpha value is -3.95. The van der Waals surface area contributed by atoms with Gasteiger partial charge in [0.1, 0.15) is 5.82 Å². The number of benzene rings is 1. The molecule has 0 spiro atoms. The predicted molar refractivity (Wildman–Crippen MR) is 107 cm³/mol. The van der Waals surface area contributed by atoms with E-state index in [1.54, 1.807) is 13.0 Å². The summed E-state index contributed by atoms with van der Waals surface area (Å²) in [6.07, 6.45) is -4.58. The van der Waals surface area contributed by atoms with Crippen LogP contribution in [-0.4, -0.2) is 30.6 Å². The molecule has 0 saturated heterocycles. The van der Waals surface area contributed by atoms with Gasteiger partial charge in [-0.05, 0) is 49.7 Å². The van der Waals surface area contributed by atoms with Gasteiger partial charge < -0.3 is 10.4 Å². The Kier molecular flexibility index (Phi) is 4.84. The zero-order valence-electron chi connectivity index (χ0n) is 16.4. The third kappa shape index (κ3) is 3.91. The van der Waals surface area contributed by atoms with E-state index < -0.39 is 23.5 Å². The molecule has 3 aromatic heterocycles. The van der Waals surface area contributed by atoms with Crippen LogP contribution in [0.4, 0.5) is 19.0 Å². The molecular weight excluding hydrogens is 411 g/mol. The number of aromatic hydroxyl groups is 1. The first-order valence-electron chi connectivity index (χ1n) is 9.15. The summed E-state index contributed by atoms with van der Waals surface area (Å²) in [6, 6.07) is 11.2. The van der Waals surface area contributed by atoms with Crippen molar-refractivity contribution in [2.45, 2.75) is 20.0 Å². The Morgan fingerprint density at radius 2 is 1.81 bits per heavy atom. The summed E-state index contributed by atoms with van der Waals surface area (Å²) in [5.41, 5.74) is 0.281. The van der Waals surface area contributed by atoms with Gasteiger partial charge in [-0.25, -0.2) is 9.50 Å². The Morgan fingerprint density at radius 1 is 1.06 bits per heavy atom. The molecule has 1 amide bonds. The highest BCUT2D eigenvalue weighted by Crippen LogP contribution is 2.36. The van der Waals surface area contributed by atoms with Gasteiger partial charge in [-0.15, -0.1) is 0 Å². The highest BCUT2D eigenvalue weighted by atomic mass is 19.4. The standard InChI is InChI=1S/C21H16F3N5O2/c1-11-9-12(2)25-16(10-11)26-19(30)18-20(31)27-17-8-7-15(28-29(17)18)13-5-3-4-6-14(13)21(22,23)24/h3-10,31H,1-2H3,(H,25,26,30). The van der Waals surface area contributed by atoms with Crippen molar-refractivity contribution in [1.82, 2.24) is 19.6 Å². The maximum absolute atomic E-state index is 13.4. The van der Waals surface area contributed by atoms with Gasteiger partial charge in [0, 0.05) is 11.3 Å². The Labute approximate surface area is 174 Å². The molecule has 0 bridgehead atoms. The smallest absolute Gasteiger partial charge is 0.417 e. The van der Waals surface area contributed by atoms with Crippen molar-refractivity contribution in [3.8, 4) is 17.1 Å². The second-order valence-electron chi connectivity index (χ2n) is 6.94. The Morgan fingerprint density at radius 3 is 2.52 bits per heavy atom. The molecular formula is C21H16F3N5O2. The molecule has 0 unspecified atom stereocenters. The number of hydrogen-bond donors (Lipinski definition) is 2. The van der Waals surface area contributed by atoms with Crippen LogP contribution in [-0.2, 0) is 6.18 Å². The van der Waals surface area contributed by atoms with E-state index >= 15 is 0 Å². The van der Waals surface area contributed by atoms with Gasteiger partial charge in [0.15, 0.2) is 11.3 Å². The Balaban J connectivity index is 1.80. The lowest BCUT2D eigenvalue weighted by molar-refractivity contribution is -0.137. The first-order chi connectivity index (χ1) is 14.6. The molecule has 0 saturated carbocycles. The van der Waals surface area contributed by atoms with Crippen LogP contribution in [0.2, 0.25) is 0 Å². The fourth-order valence-electron chi connectivity index (χ4n) is 3.30. The lowest BCUT2D eigenvalue weighted by Gasteiger charge is -2.12. The summed E-state index contributed by atoms with van der Waals surface area (Å²) in [6.45, 7) is 3.60. The molecule has 0 aliphatic heterocycles. The molecule has 4 rings (SSSR count). The molecule has 0 atom stereocenters. The monoisotopic (exact) mass is 427 g/mol. The third-order valence-electron chi connectivity index (χ3n) is 4.52. The highest BCUT2D eigenvalue weighted by Gasteiger charge is 2.34. The van der Waals surface area contributed by atoms with Crippen molar-refractivity contribution in [2.24, 2.45) is 0 Å². The van der Waals surface area contributed by atoms with E-state index in [1.165, 1.54) is 30.3 Å². The molecule has 0 aliphatic rings. The minimum atomic E-state index is -4.58. The van der Waals surface area contributed by atoms with Gasteiger partial charge in [0.25, 0.3) is 5.91 Å². The average molecular weight is 427 g/mol. The molecule has 0 radical (unpaired) electrons. The second-order valence-corrected chi connectivity index (χ2v) is 6.94. The second kappa shape index (κ2) is 7.38. The van der Waals surface area contributed by atoms with Crippen LogP contribution in [0.25, 0.3) is 16.9 Å². The molecule has 4 aromatic rings. The van der Waals surface area contributed by atoms with Crippen molar-refractivity contribution in [3.63, 3.8) is 0 Å². The molecule has 7 nitrogen and oxygen atoms in total. The van der Waals surface area contributed by atoms with E-state index in [4.69, 9.17) is 0 Å². The fraction of sp³-hybridized carbons (Fsp3) is 0.143. The zero-order chi connectivity index (χ0) is 22.3. The number of nitrogens with one attached hydrogen (secondary N) is 1. The van der Waals surface area contributed by atoms with Crippen molar-refractivity contribution >= 4 is 17.4 Å². The van der Waals surface area contributed by atoms with Gasteiger partial charge in [-0.1, -0.05) is 18.2 Å². The summed E-state index contributed by atoms with van der Waals surface area (Å²) in [5.74, 6) is -1.10. The number of amides is 1. The summed E-state index contributed by atoms with van der Waals surface area (Å²) in [4.78, 5) is 20.9. The van der Waals surface area contributed by atoms with Crippen LogP contribution >= 0.6 is 0 Å². The van der Waals surface area contributed by atoms with E-state index in [0.717, 1.165) is 16.1 Å². The van der Waals surface area contributed by atoms with Crippen molar-refractivity contribution in [3.05, 3.63) is 71.0 Å². The maximum atomic E-state index is 13.4. The molecule has 158 valence electrons. The van der Waals surface area contributed by atoms with E-state index in [9.17, 15) is 23.1 Å². The van der Waals surface area contributed by atoms with Gasteiger partial charge in [-0.2, -0.15) is 23.3 Å². The summed E-state index contributed by atoms with van der Waals surface area (Å²) < 4.78 is 41.2. The number of halogens is 3. The number of alkyl halides is 3. The largest absolute Gasteiger partial charge is 0.492 e. The first-order valence-corrected chi connectivity index (χ1v) is 9.15. The first kappa shape index (κ1) is 20.3. The van der Waals surface area contributed by atoms with E-state index in [2.05, 4.69) is 20.4 Å². The quantitative estimate of drug-likeness (QED) is 0.506. The van der Waals surface area contributed by atoms with Gasteiger partial charge in [-0.3, -0.25) is 4.79 Å². The average Bonchev–Trinajstić information content (AvgIpc) is 3.01. The number of carbonyl (C=O) groups is 1. The summed E-state index contributed by atoms with van der Waals surface area (Å²) in [5, 5.41) is 16.9. The SMILES string of the molecule is Cc1cc(C)nc(NC(=O)c2c(O)nc3ccc(-c4ccccc4C(F)(F)F)nn23)c1. The van der Waals surface area contributed by atoms with E-state index in [0.29, 0.717) is 5.69 Å². The van der Waals surface area contributed by atoms with Crippen LogP contribution in [0, 0.1) is 13.8 Å². The van der Waals surface area contributed by atoms with Crippen LogP contribution < -0.4 is 5.32 Å². The lowest BCUT2D eigenvalue weighted by atomic mass is 10.0. The number of nitrogens with zero attached hydrogens (tertiary/aromatic N) is 4. The zero-order valence-corrected chi connectivity index (χ0v) is 16.4. The summed E-state index contributed by atoms with van der Waals surface area (Å²) in [7, 11) is 0. The number of anilines is 1. The number of aromatic nitrogens is 4. The number of aryl methyl sites for hydroxylation is 2. The Bertz CT molecular complexity index is 1290. The number of hydrogen-bond acceptors (Lipinski definition) is 5. The predicted octanol–water partition coefficient (Wildman–Crippen LogP) is 4.38. The fourth-order valence-corrected chi connectivity index (χ4v) is 3.30. The van der Waals surface area contributed by atoms with E-state index in [1.807, 2.05) is 13.0 Å². The molecule has 0 fully saturated rings. The van der Waals surface area contributed by atoms with Crippen LogP contribution in [0.1, 0.15) is 27.3 Å².